The minimum absolute atomic E-state index is 1.10. The molecule has 0 amide bonds. The highest BCUT2D eigenvalue weighted by atomic mass is 15.3. The van der Waals surface area contributed by atoms with Gasteiger partial charge in [-0.05, 0) is 30.7 Å². The van der Waals surface area contributed by atoms with Crippen LogP contribution in [0, 0.1) is 0 Å². The Hall–Kier alpha value is -1.54. The van der Waals surface area contributed by atoms with Crippen LogP contribution in [0.1, 0.15) is 18.1 Å². The SMILES string of the molecule is C=C(C)c1cccc2c1[NH2+]NC=C2. The molecule has 2 heteroatoms. The third-order valence-electron chi connectivity index (χ3n) is 2.19. The van der Waals surface area contributed by atoms with Crippen LogP contribution in [0.5, 0.6) is 0 Å². The molecular weight excluding hydrogens is 160 g/mol. The fourth-order valence-electron chi connectivity index (χ4n) is 1.53. The van der Waals surface area contributed by atoms with E-state index in [9.17, 15) is 0 Å². The predicted molar refractivity (Wildman–Crippen MR) is 54.9 cm³/mol. The number of benzene rings is 1. The summed E-state index contributed by atoms with van der Waals surface area (Å²) in [6, 6.07) is 6.26. The summed E-state index contributed by atoms with van der Waals surface area (Å²) in [4.78, 5) is 0. The molecular formula is C11H13N2+. The number of para-hydroxylation sites is 1. The van der Waals surface area contributed by atoms with Crippen LogP contribution < -0.4 is 10.9 Å². The summed E-state index contributed by atoms with van der Waals surface area (Å²) in [5.74, 6) is 0. The molecule has 0 aliphatic carbocycles. The Balaban J connectivity index is 2.59. The van der Waals surface area contributed by atoms with Crippen LogP contribution in [0.4, 0.5) is 5.69 Å². The van der Waals surface area contributed by atoms with E-state index >= 15 is 0 Å². The van der Waals surface area contributed by atoms with Gasteiger partial charge in [-0.3, -0.25) is 0 Å². The molecule has 3 N–H and O–H groups in total. The molecule has 0 fully saturated rings. The van der Waals surface area contributed by atoms with Crippen molar-refractivity contribution in [3.8, 4) is 0 Å². The molecule has 0 saturated carbocycles. The average Bonchev–Trinajstić information content (AvgIpc) is 2.17. The summed E-state index contributed by atoms with van der Waals surface area (Å²) in [7, 11) is 0. The maximum Gasteiger partial charge on any atom is 0.168 e. The lowest BCUT2D eigenvalue weighted by Crippen LogP contribution is -2.87. The number of rotatable bonds is 1. The number of nitrogens with two attached hydrogens (primary N) is 1. The Labute approximate surface area is 77.9 Å². The van der Waals surface area contributed by atoms with Crippen molar-refractivity contribution in [3.05, 3.63) is 42.1 Å². The van der Waals surface area contributed by atoms with Gasteiger partial charge >= 0.3 is 0 Å². The van der Waals surface area contributed by atoms with Crippen molar-refractivity contribution in [1.29, 1.82) is 0 Å². The van der Waals surface area contributed by atoms with E-state index in [4.69, 9.17) is 0 Å². The van der Waals surface area contributed by atoms with E-state index < -0.39 is 0 Å². The highest BCUT2D eigenvalue weighted by Gasteiger charge is 2.12. The number of hydrogen-bond acceptors (Lipinski definition) is 1. The zero-order valence-electron chi connectivity index (χ0n) is 7.67. The van der Waals surface area contributed by atoms with E-state index in [0.29, 0.717) is 0 Å². The Morgan fingerprint density at radius 1 is 1.46 bits per heavy atom. The Morgan fingerprint density at radius 3 is 3.08 bits per heavy atom. The van der Waals surface area contributed by atoms with Crippen molar-refractivity contribution in [2.45, 2.75) is 6.92 Å². The molecule has 0 atom stereocenters. The molecule has 66 valence electrons. The third-order valence-corrected chi connectivity index (χ3v) is 2.19. The minimum Gasteiger partial charge on any atom is -0.242 e. The zero-order chi connectivity index (χ0) is 9.26. The first-order valence-electron chi connectivity index (χ1n) is 4.34. The number of allylic oxidation sites excluding steroid dienone is 1. The molecule has 1 aromatic carbocycles. The largest absolute Gasteiger partial charge is 0.242 e. The number of hydrogen-bond donors (Lipinski definition) is 2. The van der Waals surface area contributed by atoms with Crippen LogP contribution >= 0.6 is 0 Å². The van der Waals surface area contributed by atoms with Crippen molar-refractivity contribution < 1.29 is 5.43 Å². The van der Waals surface area contributed by atoms with Crippen molar-refractivity contribution in [2.24, 2.45) is 0 Å². The summed E-state index contributed by atoms with van der Waals surface area (Å²) in [5.41, 5.74) is 9.90. The second-order valence-corrected chi connectivity index (χ2v) is 3.23. The van der Waals surface area contributed by atoms with Gasteiger partial charge in [-0.1, -0.05) is 12.6 Å². The number of nitrogens with one attached hydrogen (secondary N) is 1. The topological polar surface area (TPSA) is 28.6 Å². The molecule has 0 radical (unpaired) electrons. The van der Waals surface area contributed by atoms with Gasteiger partial charge in [0.2, 0.25) is 0 Å². The van der Waals surface area contributed by atoms with E-state index in [-0.39, 0.29) is 0 Å². The fourth-order valence-corrected chi connectivity index (χ4v) is 1.53. The molecule has 2 nitrogen and oxygen atoms in total. The minimum atomic E-state index is 1.10. The van der Waals surface area contributed by atoms with Gasteiger partial charge in [0.1, 0.15) is 0 Å². The van der Waals surface area contributed by atoms with E-state index in [1.165, 1.54) is 16.8 Å². The van der Waals surface area contributed by atoms with Crippen LogP contribution in [0.2, 0.25) is 0 Å². The van der Waals surface area contributed by atoms with Gasteiger partial charge in [-0.25, -0.2) is 10.9 Å². The van der Waals surface area contributed by atoms with Crippen molar-refractivity contribution >= 4 is 17.3 Å². The first-order valence-corrected chi connectivity index (χ1v) is 4.34. The maximum absolute atomic E-state index is 3.96. The smallest absolute Gasteiger partial charge is 0.168 e. The number of fused-ring (bicyclic) bond motifs is 1. The summed E-state index contributed by atoms with van der Waals surface area (Å²) in [6.07, 6.45) is 4.01. The first kappa shape index (κ1) is 8.08. The summed E-state index contributed by atoms with van der Waals surface area (Å²) >= 11 is 0. The fraction of sp³-hybridized carbons (Fsp3) is 0.0909. The van der Waals surface area contributed by atoms with E-state index in [0.717, 1.165) is 5.57 Å². The van der Waals surface area contributed by atoms with Crippen LogP contribution in [-0.4, -0.2) is 0 Å². The molecule has 0 saturated heterocycles. The van der Waals surface area contributed by atoms with Gasteiger partial charge in [0, 0.05) is 11.1 Å². The predicted octanol–water partition coefficient (Wildman–Crippen LogP) is 1.40. The van der Waals surface area contributed by atoms with Gasteiger partial charge in [-0.15, -0.1) is 0 Å². The van der Waals surface area contributed by atoms with Crippen LogP contribution in [0.3, 0.4) is 0 Å². The molecule has 0 spiro atoms. The van der Waals surface area contributed by atoms with E-state index in [1.807, 2.05) is 18.5 Å². The molecule has 0 unspecified atom stereocenters. The molecule has 1 aliphatic heterocycles. The monoisotopic (exact) mass is 173 g/mol. The van der Waals surface area contributed by atoms with Crippen molar-refractivity contribution in [1.82, 2.24) is 5.43 Å². The molecule has 1 heterocycles. The van der Waals surface area contributed by atoms with Gasteiger partial charge in [0.25, 0.3) is 0 Å². The highest BCUT2D eigenvalue weighted by Crippen LogP contribution is 2.23. The van der Waals surface area contributed by atoms with Crippen molar-refractivity contribution in [2.75, 3.05) is 0 Å². The van der Waals surface area contributed by atoms with Gasteiger partial charge in [0.15, 0.2) is 5.69 Å². The Bertz CT molecular complexity index is 378. The average molecular weight is 173 g/mol. The summed E-state index contributed by atoms with van der Waals surface area (Å²) < 4.78 is 0. The molecule has 1 aromatic rings. The van der Waals surface area contributed by atoms with Gasteiger partial charge < -0.3 is 0 Å². The maximum atomic E-state index is 3.96. The van der Waals surface area contributed by atoms with Gasteiger partial charge in [-0.2, -0.15) is 0 Å². The lowest BCUT2D eigenvalue weighted by molar-refractivity contribution is -0.624. The Morgan fingerprint density at radius 2 is 2.31 bits per heavy atom. The van der Waals surface area contributed by atoms with Crippen LogP contribution in [-0.2, 0) is 0 Å². The van der Waals surface area contributed by atoms with Crippen LogP contribution in [0.15, 0.2) is 31.0 Å². The van der Waals surface area contributed by atoms with Crippen LogP contribution in [0.25, 0.3) is 11.6 Å². The second kappa shape index (κ2) is 3.07. The quantitative estimate of drug-likeness (QED) is 0.488. The lowest BCUT2D eigenvalue weighted by Gasteiger charge is -2.12. The van der Waals surface area contributed by atoms with Crippen molar-refractivity contribution in [3.63, 3.8) is 0 Å². The van der Waals surface area contributed by atoms with Gasteiger partial charge in [0.05, 0.1) is 6.20 Å². The molecule has 13 heavy (non-hydrogen) atoms. The summed E-state index contributed by atoms with van der Waals surface area (Å²) in [5, 5.41) is 0. The first-order chi connectivity index (χ1) is 6.29. The molecule has 1 aliphatic rings. The normalized spacial score (nSPS) is 13.3. The highest BCUT2D eigenvalue weighted by molar-refractivity contribution is 5.76. The standard InChI is InChI=1S/C11H12N2/c1-8(2)10-5-3-4-9-6-7-12-13-11(9)10/h3-7,12-13H,1H2,2H3/p+1. The third kappa shape index (κ3) is 1.36. The molecule has 0 bridgehead atoms. The molecule has 0 aromatic heterocycles. The zero-order valence-corrected chi connectivity index (χ0v) is 7.67. The molecule has 2 rings (SSSR count). The lowest BCUT2D eigenvalue weighted by atomic mass is 10.0. The van der Waals surface area contributed by atoms with E-state index in [2.05, 4.69) is 36.3 Å². The number of quaternary nitrogens is 1. The second-order valence-electron chi connectivity index (χ2n) is 3.23. The van der Waals surface area contributed by atoms with E-state index in [1.54, 1.807) is 0 Å². The summed E-state index contributed by atoms with van der Waals surface area (Å²) in [6.45, 7) is 5.99. The Kier molecular flexibility index (Phi) is 1.91.